The number of hydrogen-bond acceptors (Lipinski definition) is 8. The second-order valence-corrected chi connectivity index (χ2v) is 13.9. The first-order chi connectivity index (χ1) is 21.4. The van der Waals surface area contributed by atoms with Crippen molar-refractivity contribution in [3.63, 3.8) is 0 Å². The van der Waals surface area contributed by atoms with Gasteiger partial charge in [0, 0.05) is 40.0 Å². The molecule has 0 aromatic heterocycles. The summed E-state index contributed by atoms with van der Waals surface area (Å²) < 4.78 is 30.5. The molecule has 45 heavy (non-hydrogen) atoms. The molecule has 5 aliphatic rings. The van der Waals surface area contributed by atoms with Gasteiger partial charge in [0.2, 0.25) is 0 Å². The fourth-order valence-corrected chi connectivity index (χ4v) is 9.54. The van der Waals surface area contributed by atoms with Crippen molar-refractivity contribution in [3.05, 3.63) is 89.0 Å². The van der Waals surface area contributed by atoms with E-state index >= 15 is 4.39 Å². The third-order valence-corrected chi connectivity index (χ3v) is 11.8. The number of carbonyl (C=O) groups excluding carboxylic acids is 3. The number of ether oxygens (including phenoxy) is 2. The number of aliphatic hydroxyl groups is 2. The Morgan fingerprint density at radius 2 is 1.87 bits per heavy atom. The van der Waals surface area contributed by atoms with Crippen LogP contribution >= 0.6 is 0 Å². The van der Waals surface area contributed by atoms with Gasteiger partial charge in [-0.1, -0.05) is 55.0 Å². The zero-order chi connectivity index (χ0) is 31.9. The summed E-state index contributed by atoms with van der Waals surface area (Å²) in [5, 5.41) is 21.9. The highest BCUT2D eigenvalue weighted by atomic mass is 19.1. The van der Waals surface area contributed by atoms with Gasteiger partial charge in [-0.2, -0.15) is 0 Å². The lowest BCUT2D eigenvalue weighted by molar-refractivity contribution is -0.231. The van der Waals surface area contributed by atoms with Crippen molar-refractivity contribution >= 4 is 23.0 Å². The van der Waals surface area contributed by atoms with Gasteiger partial charge in [0.25, 0.3) is 0 Å². The van der Waals surface area contributed by atoms with Gasteiger partial charge in [-0.05, 0) is 68.4 Å². The molecule has 4 N–H and O–H groups in total. The molecule has 8 nitrogen and oxygen atoms in total. The van der Waals surface area contributed by atoms with Gasteiger partial charge in [0.15, 0.2) is 34.9 Å². The SMILES string of the molecule is C[C@]12C=CC(=O)C=C1CC[C@H]1[C@@H]3C[C@H]4O[C@H](c5ccc(C(=O)Cc6cccc(N)c6)cc5)O[C@@]4(C(=O)CO)[C@@]3(C)C[C@H](O)[C@@]12F. The zero-order valence-electron chi connectivity index (χ0n) is 25.4. The average Bonchev–Trinajstić information content (AvgIpc) is 3.51. The molecule has 0 unspecified atom stereocenters. The number of nitrogen functional groups attached to an aromatic ring is 1. The molecule has 0 amide bonds. The van der Waals surface area contributed by atoms with Crippen molar-refractivity contribution in [1.29, 1.82) is 0 Å². The highest BCUT2D eigenvalue weighted by Gasteiger charge is 2.79. The molecule has 0 bridgehead atoms. The zero-order valence-corrected chi connectivity index (χ0v) is 25.4. The Hall–Kier alpha value is -3.50. The van der Waals surface area contributed by atoms with E-state index in [1.54, 1.807) is 55.5 Å². The van der Waals surface area contributed by atoms with E-state index in [9.17, 15) is 24.6 Å². The minimum Gasteiger partial charge on any atom is -0.399 e. The van der Waals surface area contributed by atoms with Crippen molar-refractivity contribution in [2.24, 2.45) is 22.7 Å². The minimum atomic E-state index is -2.06. The van der Waals surface area contributed by atoms with Crippen molar-refractivity contribution in [2.45, 2.75) is 75.7 Å². The van der Waals surface area contributed by atoms with E-state index in [4.69, 9.17) is 15.2 Å². The van der Waals surface area contributed by atoms with Crippen LogP contribution in [-0.2, 0) is 25.5 Å². The van der Waals surface area contributed by atoms with Crippen molar-refractivity contribution in [1.82, 2.24) is 0 Å². The van der Waals surface area contributed by atoms with Gasteiger partial charge >= 0.3 is 0 Å². The number of aliphatic hydroxyl groups excluding tert-OH is 2. The van der Waals surface area contributed by atoms with Crippen molar-refractivity contribution in [2.75, 3.05) is 12.3 Å². The minimum absolute atomic E-state index is 0.0783. The molecule has 1 saturated heterocycles. The quantitative estimate of drug-likeness (QED) is 0.322. The summed E-state index contributed by atoms with van der Waals surface area (Å²) in [5.74, 6) is -1.84. The molecule has 236 valence electrons. The first-order valence-corrected chi connectivity index (χ1v) is 15.6. The molecule has 9 heteroatoms. The fraction of sp³-hybridized carbons (Fsp3) is 0.472. The van der Waals surface area contributed by atoms with Crippen LogP contribution in [0.2, 0.25) is 0 Å². The number of benzene rings is 2. The topological polar surface area (TPSA) is 136 Å². The maximum absolute atomic E-state index is 17.5. The van der Waals surface area contributed by atoms with Crippen LogP contribution in [0, 0.1) is 22.7 Å². The Morgan fingerprint density at radius 1 is 1.11 bits per heavy atom. The number of anilines is 1. The number of ketones is 3. The number of halogens is 1. The van der Waals surface area contributed by atoms with Gasteiger partial charge in [0.1, 0.15) is 6.61 Å². The number of Topliss-reactive ketones (excluding diaryl/α,β-unsaturated/α-hetero) is 2. The third-order valence-electron chi connectivity index (χ3n) is 11.8. The number of alkyl halides is 1. The monoisotopic (exact) mass is 615 g/mol. The summed E-state index contributed by atoms with van der Waals surface area (Å²) in [7, 11) is 0. The van der Waals surface area contributed by atoms with Crippen LogP contribution in [0.1, 0.15) is 67.3 Å². The number of fused-ring (bicyclic) bond motifs is 7. The second kappa shape index (κ2) is 10.3. The summed E-state index contributed by atoms with van der Waals surface area (Å²) >= 11 is 0. The molecule has 7 rings (SSSR count). The van der Waals surface area contributed by atoms with Crippen LogP contribution in [0.25, 0.3) is 0 Å². The van der Waals surface area contributed by atoms with Crippen LogP contribution in [0.4, 0.5) is 10.1 Å². The highest BCUT2D eigenvalue weighted by Crippen LogP contribution is 2.72. The molecule has 2 aromatic carbocycles. The largest absolute Gasteiger partial charge is 0.399 e. The maximum Gasteiger partial charge on any atom is 0.193 e. The Labute approximate surface area is 261 Å². The molecule has 4 aliphatic carbocycles. The lowest BCUT2D eigenvalue weighted by Crippen LogP contribution is -2.69. The fourth-order valence-electron chi connectivity index (χ4n) is 9.54. The van der Waals surface area contributed by atoms with E-state index < -0.39 is 58.9 Å². The van der Waals surface area contributed by atoms with Crippen LogP contribution in [-0.4, -0.2) is 57.6 Å². The Morgan fingerprint density at radius 3 is 2.58 bits per heavy atom. The molecule has 2 aromatic rings. The van der Waals surface area contributed by atoms with E-state index in [0.29, 0.717) is 41.6 Å². The predicted molar refractivity (Wildman–Crippen MR) is 163 cm³/mol. The van der Waals surface area contributed by atoms with E-state index in [2.05, 4.69) is 0 Å². The highest BCUT2D eigenvalue weighted by molar-refractivity contribution is 6.01. The van der Waals surface area contributed by atoms with E-state index in [0.717, 1.165) is 5.56 Å². The van der Waals surface area contributed by atoms with Gasteiger partial charge in [-0.25, -0.2) is 4.39 Å². The van der Waals surface area contributed by atoms with Crippen molar-refractivity contribution in [3.8, 4) is 0 Å². The third kappa shape index (κ3) is 4.07. The Bertz CT molecular complexity index is 1650. The van der Waals surface area contributed by atoms with Gasteiger partial charge in [-0.3, -0.25) is 14.4 Å². The standard InChI is InChI=1S/C36H38FNO7/c1-33-13-12-25(40)16-23(33)10-11-26-27-17-31-36(30(43)19-39,34(27,2)18-29(42)35(26,33)37)45-32(44-31)22-8-6-21(7-9-22)28(41)15-20-4-3-5-24(38)14-20/h3-9,12-14,16,26-27,29,31-32,39,42H,10-11,15,17-19,38H2,1-2H3/t26-,27-,29-,31+,32-,33-,34-,35-,36+/m0/s1. The van der Waals surface area contributed by atoms with Gasteiger partial charge < -0.3 is 25.4 Å². The molecule has 0 spiro atoms. The smallest absolute Gasteiger partial charge is 0.193 e. The second-order valence-electron chi connectivity index (χ2n) is 13.9. The first-order valence-electron chi connectivity index (χ1n) is 15.6. The molecule has 3 saturated carbocycles. The van der Waals surface area contributed by atoms with E-state index in [1.165, 1.54) is 12.2 Å². The predicted octanol–water partition coefficient (Wildman–Crippen LogP) is 4.39. The maximum atomic E-state index is 17.5. The van der Waals surface area contributed by atoms with Crippen LogP contribution in [0.15, 0.2) is 72.3 Å². The summed E-state index contributed by atoms with van der Waals surface area (Å²) in [6.45, 7) is 2.81. The lowest BCUT2D eigenvalue weighted by atomic mass is 9.44. The van der Waals surface area contributed by atoms with Crippen molar-refractivity contribution < 1.29 is 38.5 Å². The molecule has 0 radical (unpaired) electrons. The number of hydrogen-bond donors (Lipinski definition) is 3. The van der Waals surface area contributed by atoms with E-state index in [1.807, 2.05) is 13.0 Å². The molecule has 1 heterocycles. The summed E-state index contributed by atoms with van der Waals surface area (Å²) in [6, 6.07) is 14.0. The number of nitrogens with two attached hydrogens (primary N) is 1. The molecule has 4 fully saturated rings. The average molecular weight is 616 g/mol. The van der Waals surface area contributed by atoms with Gasteiger partial charge in [0.05, 0.1) is 12.2 Å². The number of allylic oxidation sites excluding steroid dienone is 4. The summed E-state index contributed by atoms with van der Waals surface area (Å²) in [5.41, 5.74) is 3.17. The summed E-state index contributed by atoms with van der Waals surface area (Å²) in [4.78, 5) is 38.8. The van der Waals surface area contributed by atoms with Crippen LogP contribution in [0.5, 0.6) is 0 Å². The molecular formula is C36H38FNO7. The van der Waals surface area contributed by atoms with Crippen LogP contribution in [0.3, 0.4) is 0 Å². The van der Waals surface area contributed by atoms with E-state index in [-0.39, 0.29) is 30.3 Å². The Kier molecular flexibility index (Phi) is 6.87. The number of rotatable bonds is 6. The number of carbonyl (C=O) groups is 3. The Balaban J connectivity index is 1.17. The molecule has 1 aliphatic heterocycles. The first kappa shape index (κ1) is 30.2. The molecular weight excluding hydrogens is 577 g/mol. The normalized spacial score (nSPS) is 39.8. The molecule has 9 atom stereocenters. The summed E-state index contributed by atoms with van der Waals surface area (Å²) in [6.07, 6.45) is 2.62. The lowest BCUT2D eigenvalue weighted by Gasteiger charge is -2.62. The van der Waals surface area contributed by atoms with Crippen LogP contribution < -0.4 is 5.73 Å². The van der Waals surface area contributed by atoms with Gasteiger partial charge in [-0.15, -0.1) is 0 Å².